The molecule has 0 fully saturated rings. The molecular formula is C13H16N6O. The lowest BCUT2D eigenvalue weighted by Crippen LogP contribution is -2.12. The maximum atomic E-state index is 12.1. The van der Waals surface area contributed by atoms with Crippen LogP contribution in [0.15, 0.2) is 40.7 Å². The van der Waals surface area contributed by atoms with Crippen molar-refractivity contribution in [2.75, 3.05) is 19.4 Å². The molecule has 1 aromatic carbocycles. The van der Waals surface area contributed by atoms with Crippen LogP contribution in [0.2, 0.25) is 0 Å². The van der Waals surface area contributed by atoms with Gasteiger partial charge in [-0.1, -0.05) is 23.4 Å². The van der Waals surface area contributed by atoms with Gasteiger partial charge in [-0.25, -0.2) is 0 Å². The van der Waals surface area contributed by atoms with E-state index in [1.165, 1.54) is 0 Å². The highest BCUT2D eigenvalue weighted by Crippen LogP contribution is 2.26. The van der Waals surface area contributed by atoms with Gasteiger partial charge in [-0.15, -0.1) is 5.11 Å². The lowest BCUT2D eigenvalue weighted by atomic mass is 10.2. The molecular weight excluding hydrogens is 256 g/mol. The van der Waals surface area contributed by atoms with Crippen molar-refractivity contribution in [2.24, 2.45) is 10.3 Å². The van der Waals surface area contributed by atoms with Crippen LogP contribution in [0, 0.1) is 6.92 Å². The standard InChI is InChI=1S/C13H16N6O/c1-9-11(16-18-19(2)3)12(17-15-9)14-13(20)10-7-5-4-6-8-10/h4-8H,1-3H3,(H2,14,15,17,20). The fourth-order valence-electron chi connectivity index (χ4n) is 1.54. The van der Waals surface area contributed by atoms with Crippen molar-refractivity contribution < 1.29 is 4.79 Å². The summed E-state index contributed by atoms with van der Waals surface area (Å²) in [6.07, 6.45) is 0. The fraction of sp³-hybridized carbons (Fsp3) is 0.231. The first-order chi connectivity index (χ1) is 9.58. The Hall–Kier alpha value is -2.70. The van der Waals surface area contributed by atoms with Crippen molar-refractivity contribution in [1.29, 1.82) is 0 Å². The van der Waals surface area contributed by atoms with Crippen molar-refractivity contribution in [3.63, 3.8) is 0 Å². The highest BCUT2D eigenvalue weighted by atomic mass is 16.1. The molecule has 2 N–H and O–H groups in total. The summed E-state index contributed by atoms with van der Waals surface area (Å²) in [7, 11) is 3.53. The van der Waals surface area contributed by atoms with E-state index in [9.17, 15) is 4.79 Å². The predicted molar refractivity (Wildman–Crippen MR) is 75.9 cm³/mol. The molecule has 1 aromatic heterocycles. The highest BCUT2D eigenvalue weighted by molar-refractivity contribution is 6.05. The minimum absolute atomic E-state index is 0.238. The lowest BCUT2D eigenvalue weighted by molar-refractivity contribution is 0.102. The number of benzene rings is 1. The first kappa shape index (κ1) is 13.7. The van der Waals surface area contributed by atoms with Gasteiger partial charge < -0.3 is 5.32 Å². The molecule has 1 heterocycles. The van der Waals surface area contributed by atoms with Crippen LogP contribution in [0.3, 0.4) is 0 Å². The van der Waals surface area contributed by atoms with Gasteiger partial charge in [0.05, 0.1) is 5.69 Å². The molecule has 0 bridgehead atoms. The van der Waals surface area contributed by atoms with Crippen molar-refractivity contribution >= 4 is 17.4 Å². The number of carbonyl (C=O) groups excluding carboxylic acids is 1. The molecule has 0 unspecified atom stereocenters. The van der Waals surface area contributed by atoms with Crippen molar-refractivity contribution in [1.82, 2.24) is 15.2 Å². The van der Waals surface area contributed by atoms with Gasteiger partial charge >= 0.3 is 0 Å². The molecule has 0 saturated carbocycles. The van der Waals surface area contributed by atoms with E-state index in [-0.39, 0.29) is 5.91 Å². The van der Waals surface area contributed by atoms with Crippen molar-refractivity contribution in [3.8, 4) is 0 Å². The zero-order valence-corrected chi connectivity index (χ0v) is 11.6. The van der Waals surface area contributed by atoms with Gasteiger partial charge in [-0.2, -0.15) is 5.10 Å². The van der Waals surface area contributed by atoms with E-state index in [2.05, 4.69) is 25.9 Å². The Balaban J connectivity index is 2.20. The van der Waals surface area contributed by atoms with Crippen LogP contribution in [0.5, 0.6) is 0 Å². The summed E-state index contributed by atoms with van der Waals surface area (Å²) in [4.78, 5) is 12.1. The van der Waals surface area contributed by atoms with Crippen molar-refractivity contribution in [2.45, 2.75) is 6.92 Å². The molecule has 2 rings (SSSR count). The SMILES string of the molecule is Cc1[nH]nc(NC(=O)c2ccccc2)c1N=NN(C)C. The molecule has 20 heavy (non-hydrogen) atoms. The minimum atomic E-state index is -0.238. The number of carbonyl (C=O) groups is 1. The molecule has 104 valence electrons. The van der Waals surface area contributed by atoms with E-state index >= 15 is 0 Å². The van der Waals surface area contributed by atoms with E-state index < -0.39 is 0 Å². The zero-order valence-electron chi connectivity index (χ0n) is 11.6. The summed E-state index contributed by atoms with van der Waals surface area (Å²) in [6.45, 7) is 1.81. The number of aromatic amines is 1. The number of hydrogen-bond acceptors (Lipinski definition) is 4. The van der Waals surface area contributed by atoms with Crippen LogP contribution in [0.25, 0.3) is 0 Å². The number of nitrogens with one attached hydrogen (secondary N) is 2. The second kappa shape index (κ2) is 5.96. The molecule has 0 saturated heterocycles. The number of aryl methyl sites for hydroxylation is 1. The molecule has 1 amide bonds. The predicted octanol–water partition coefficient (Wildman–Crippen LogP) is 2.53. The van der Waals surface area contributed by atoms with Crippen LogP contribution in [0.4, 0.5) is 11.5 Å². The summed E-state index contributed by atoms with van der Waals surface area (Å²) in [5.74, 6) is 0.125. The normalized spacial score (nSPS) is 10.8. The Labute approximate surface area is 116 Å². The topological polar surface area (TPSA) is 85.7 Å². The number of amides is 1. The first-order valence-electron chi connectivity index (χ1n) is 6.08. The van der Waals surface area contributed by atoms with E-state index in [1.807, 2.05) is 13.0 Å². The first-order valence-corrected chi connectivity index (χ1v) is 6.08. The number of H-pyrrole nitrogens is 1. The molecule has 0 atom stereocenters. The third-order valence-corrected chi connectivity index (χ3v) is 2.51. The Morgan fingerprint density at radius 2 is 2.00 bits per heavy atom. The van der Waals surface area contributed by atoms with Gasteiger partial charge in [0.1, 0.15) is 0 Å². The van der Waals surface area contributed by atoms with Gasteiger partial charge in [0.15, 0.2) is 11.5 Å². The van der Waals surface area contributed by atoms with Gasteiger partial charge in [0.2, 0.25) is 0 Å². The average molecular weight is 272 g/mol. The van der Waals surface area contributed by atoms with Gasteiger partial charge in [-0.05, 0) is 19.1 Å². The molecule has 2 aromatic rings. The van der Waals surface area contributed by atoms with E-state index in [1.54, 1.807) is 43.4 Å². The van der Waals surface area contributed by atoms with Gasteiger partial charge in [-0.3, -0.25) is 14.9 Å². The Bertz CT molecular complexity index is 617. The molecule has 0 aliphatic heterocycles. The summed E-state index contributed by atoms with van der Waals surface area (Å²) in [6, 6.07) is 8.92. The van der Waals surface area contributed by atoms with Crippen LogP contribution < -0.4 is 5.32 Å². The number of hydrogen-bond donors (Lipinski definition) is 2. The van der Waals surface area contributed by atoms with Crippen LogP contribution >= 0.6 is 0 Å². The second-order valence-corrected chi connectivity index (χ2v) is 4.40. The summed E-state index contributed by atoms with van der Waals surface area (Å²) >= 11 is 0. The summed E-state index contributed by atoms with van der Waals surface area (Å²) < 4.78 is 0. The van der Waals surface area contributed by atoms with Crippen LogP contribution in [0.1, 0.15) is 16.1 Å². The zero-order chi connectivity index (χ0) is 14.5. The van der Waals surface area contributed by atoms with Crippen LogP contribution in [-0.2, 0) is 0 Å². The number of anilines is 1. The Morgan fingerprint density at radius 1 is 1.30 bits per heavy atom. The van der Waals surface area contributed by atoms with E-state index in [0.717, 1.165) is 5.69 Å². The molecule has 0 spiro atoms. The molecule has 0 radical (unpaired) electrons. The smallest absolute Gasteiger partial charge is 0.256 e. The largest absolute Gasteiger partial charge is 0.303 e. The highest BCUT2D eigenvalue weighted by Gasteiger charge is 2.14. The molecule has 7 heteroatoms. The minimum Gasteiger partial charge on any atom is -0.303 e. The maximum Gasteiger partial charge on any atom is 0.256 e. The van der Waals surface area contributed by atoms with Gasteiger partial charge in [0, 0.05) is 19.7 Å². The third kappa shape index (κ3) is 3.19. The monoisotopic (exact) mass is 272 g/mol. The van der Waals surface area contributed by atoms with Gasteiger partial charge in [0.25, 0.3) is 5.91 Å². The molecule has 0 aliphatic carbocycles. The second-order valence-electron chi connectivity index (χ2n) is 4.40. The summed E-state index contributed by atoms with van der Waals surface area (Å²) in [5, 5.41) is 19.1. The van der Waals surface area contributed by atoms with Crippen molar-refractivity contribution in [3.05, 3.63) is 41.6 Å². The Kier molecular flexibility index (Phi) is 4.09. The lowest BCUT2D eigenvalue weighted by Gasteiger charge is -2.04. The Morgan fingerprint density at radius 3 is 2.65 bits per heavy atom. The van der Waals surface area contributed by atoms with Crippen LogP contribution in [-0.4, -0.2) is 35.2 Å². The maximum absolute atomic E-state index is 12.1. The van der Waals surface area contributed by atoms with E-state index in [4.69, 9.17) is 0 Å². The quantitative estimate of drug-likeness (QED) is 0.662. The summed E-state index contributed by atoms with van der Waals surface area (Å²) in [5.41, 5.74) is 1.81. The average Bonchev–Trinajstić information content (AvgIpc) is 2.78. The fourth-order valence-corrected chi connectivity index (χ4v) is 1.54. The van der Waals surface area contributed by atoms with E-state index in [0.29, 0.717) is 17.1 Å². The third-order valence-electron chi connectivity index (χ3n) is 2.51. The number of nitrogens with zero attached hydrogens (tertiary/aromatic N) is 4. The number of rotatable bonds is 4. The number of aromatic nitrogens is 2. The molecule has 7 nitrogen and oxygen atoms in total. The molecule has 0 aliphatic rings.